The molecule has 0 aliphatic heterocycles. The average molecular weight is 226 g/mol. The Balaban J connectivity index is 3.16. The van der Waals surface area contributed by atoms with Crippen molar-refractivity contribution in [2.24, 2.45) is 5.92 Å². The highest BCUT2D eigenvalue weighted by Gasteiger charge is 2.31. The second-order valence-electron chi connectivity index (χ2n) is 3.98. The number of aliphatic hydroxyl groups excluding tert-OH is 1. The molecule has 2 nitrogen and oxygen atoms in total. The maximum atomic E-state index is 12.0. The van der Waals surface area contributed by atoms with Crippen LogP contribution in [0.1, 0.15) is 33.6 Å². The van der Waals surface area contributed by atoms with Gasteiger partial charge in [0.05, 0.1) is 5.92 Å². The lowest BCUT2D eigenvalue weighted by Gasteiger charge is -2.25. The van der Waals surface area contributed by atoms with E-state index in [1.165, 1.54) is 0 Å². The smallest absolute Gasteiger partial charge is 0.170 e. The predicted molar refractivity (Wildman–Crippen MR) is 65.3 cm³/mol. The number of allylic oxidation sites excluding steroid dienone is 3. The number of aliphatic hydroxyl groups is 1. The van der Waals surface area contributed by atoms with Gasteiger partial charge in [0.1, 0.15) is 5.76 Å². The van der Waals surface area contributed by atoms with E-state index in [-0.39, 0.29) is 17.5 Å². The quantitative estimate of drug-likeness (QED) is 0.726. The number of hydrogen-bond acceptors (Lipinski definition) is 3. The molecule has 0 aromatic rings. The van der Waals surface area contributed by atoms with Crippen LogP contribution in [0.25, 0.3) is 0 Å². The van der Waals surface area contributed by atoms with Crippen molar-refractivity contribution in [1.29, 1.82) is 0 Å². The minimum absolute atomic E-state index is 0.0486. The van der Waals surface area contributed by atoms with E-state index in [0.29, 0.717) is 12.2 Å². The standard InChI is InChI=1S/C12H18O2S/c1-4-5-9-11(13)8(3)7(2)10(6-15)12(9)14/h9,13,15H,4-6H2,1-3H3. The highest BCUT2D eigenvalue weighted by Crippen LogP contribution is 2.33. The summed E-state index contributed by atoms with van der Waals surface area (Å²) < 4.78 is 0. The molecule has 1 aliphatic carbocycles. The van der Waals surface area contributed by atoms with Gasteiger partial charge in [0, 0.05) is 11.3 Å². The van der Waals surface area contributed by atoms with Crippen molar-refractivity contribution in [2.75, 3.05) is 5.75 Å². The summed E-state index contributed by atoms with van der Waals surface area (Å²) in [4.78, 5) is 12.0. The van der Waals surface area contributed by atoms with E-state index in [1.807, 2.05) is 20.8 Å². The largest absolute Gasteiger partial charge is 0.511 e. The third kappa shape index (κ3) is 2.12. The van der Waals surface area contributed by atoms with Gasteiger partial charge >= 0.3 is 0 Å². The Morgan fingerprint density at radius 3 is 2.40 bits per heavy atom. The highest BCUT2D eigenvalue weighted by molar-refractivity contribution is 7.80. The van der Waals surface area contributed by atoms with Gasteiger partial charge in [-0.15, -0.1) is 0 Å². The summed E-state index contributed by atoms with van der Waals surface area (Å²) in [7, 11) is 0. The molecule has 0 aromatic carbocycles. The lowest BCUT2D eigenvalue weighted by molar-refractivity contribution is -0.119. The predicted octanol–water partition coefficient (Wildman–Crippen LogP) is 3.06. The van der Waals surface area contributed by atoms with Crippen LogP contribution < -0.4 is 0 Å². The summed E-state index contributed by atoms with van der Waals surface area (Å²) >= 11 is 4.18. The topological polar surface area (TPSA) is 37.3 Å². The van der Waals surface area contributed by atoms with Crippen LogP contribution in [0.5, 0.6) is 0 Å². The summed E-state index contributed by atoms with van der Waals surface area (Å²) in [6.45, 7) is 5.75. The van der Waals surface area contributed by atoms with E-state index in [2.05, 4.69) is 12.6 Å². The molecule has 0 amide bonds. The van der Waals surface area contributed by atoms with Crippen LogP contribution in [-0.4, -0.2) is 16.6 Å². The van der Waals surface area contributed by atoms with Crippen LogP contribution in [0, 0.1) is 5.92 Å². The fourth-order valence-electron chi connectivity index (χ4n) is 1.95. The third-order valence-corrected chi connectivity index (χ3v) is 3.40. The van der Waals surface area contributed by atoms with Crippen LogP contribution >= 0.6 is 12.6 Å². The van der Waals surface area contributed by atoms with Gasteiger partial charge in [0.25, 0.3) is 0 Å². The van der Waals surface area contributed by atoms with Crippen LogP contribution in [0.2, 0.25) is 0 Å². The number of thiol groups is 1. The van der Waals surface area contributed by atoms with Gasteiger partial charge in [-0.2, -0.15) is 12.6 Å². The van der Waals surface area contributed by atoms with Crippen molar-refractivity contribution in [3.8, 4) is 0 Å². The summed E-state index contributed by atoms with van der Waals surface area (Å²) in [5, 5.41) is 9.92. The zero-order valence-electron chi connectivity index (χ0n) is 9.50. The van der Waals surface area contributed by atoms with Crippen LogP contribution in [0.4, 0.5) is 0 Å². The second-order valence-corrected chi connectivity index (χ2v) is 4.29. The second kappa shape index (κ2) is 4.88. The van der Waals surface area contributed by atoms with Crippen LogP contribution in [-0.2, 0) is 4.79 Å². The molecule has 1 unspecified atom stereocenters. The molecule has 0 spiro atoms. The molecule has 0 aromatic heterocycles. The monoisotopic (exact) mass is 226 g/mol. The number of rotatable bonds is 3. The number of carbonyl (C=O) groups excluding carboxylic acids is 1. The molecule has 1 atom stereocenters. The minimum Gasteiger partial charge on any atom is -0.511 e. The van der Waals surface area contributed by atoms with Crippen LogP contribution in [0.3, 0.4) is 0 Å². The number of carbonyl (C=O) groups is 1. The van der Waals surface area contributed by atoms with Crippen molar-refractivity contribution < 1.29 is 9.90 Å². The molecular formula is C12H18O2S. The lowest BCUT2D eigenvalue weighted by Crippen LogP contribution is -2.25. The van der Waals surface area contributed by atoms with Crippen molar-refractivity contribution in [3.63, 3.8) is 0 Å². The van der Waals surface area contributed by atoms with Gasteiger partial charge in [-0.25, -0.2) is 0 Å². The SMILES string of the molecule is CCCC1C(=O)C(CS)=C(C)C(C)=C1O. The van der Waals surface area contributed by atoms with E-state index in [0.717, 1.165) is 23.1 Å². The van der Waals surface area contributed by atoms with E-state index >= 15 is 0 Å². The number of Topliss-reactive ketones (excluding diaryl/α,β-unsaturated/α-hetero) is 1. The van der Waals surface area contributed by atoms with E-state index in [9.17, 15) is 9.90 Å². The Labute approximate surface area is 96.5 Å². The van der Waals surface area contributed by atoms with Crippen molar-refractivity contribution in [3.05, 3.63) is 22.5 Å². The zero-order valence-corrected chi connectivity index (χ0v) is 10.4. The molecule has 0 saturated carbocycles. The third-order valence-electron chi connectivity index (χ3n) is 3.08. The van der Waals surface area contributed by atoms with E-state index < -0.39 is 0 Å². The number of hydrogen-bond donors (Lipinski definition) is 2. The Morgan fingerprint density at radius 1 is 1.33 bits per heavy atom. The van der Waals surface area contributed by atoms with Gasteiger partial charge in [-0.3, -0.25) is 4.79 Å². The van der Waals surface area contributed by atoms with Gasteiger partial charge in [0.15, 0.2) is 5.78 Å². The molecule has 0 radical (unpaired) electrons. The average Bonchev–Trinajstić information content (AvgIpc) is 2.22. The van der Waals surface area contributed by atoms with Gasteiger partial charge in [-0.1, -0.05) is 13.3 Å². The minimum atomic E-state index is -0.333. The maximum Gasteiger partial charge on any atom is 0.170 e. The van der Waals surface area contributed by atoms with Gasteiger partial charge in [0.2, 0.25) is 0 Å². The molecule has 1 rings (SSSR count). The summed E-state index contributed by atoms with van der Waals surface area (Å²) in [6, 6.07) is 0. The first kappa shape index (κ1) is 12.4. The number of ketones is 1. The fraction of sp³-hybridized carbons (Fsp3) is 0.583. The molecule has 0 fully saturated rings. The van der Waals surface area contributed by atoms with Crippen molar-refractivity contribution >= 4 is 18.4 Å². The first-order valence-electron chi connectivity index (χ1n) is 5.29. The highest BCUT2D eigenvalue weighted by atomic mass is 32.1. The molecule has 1 N–H and O–H groups in total. The van der Waals surface area contributed by atoms with Crippen LogP contribution in [0.15, 0.2) is 22.5 Å². The Kier molecular flexibility index (Phi) is 4.03. The van der Waals surface area contributed by atoms with Crippen molar-refractivity contribution in [1.82, 2.24) is 0 Å². The van der Waals surface area contributed by atoms with E-state index in [1.54, 1.807) is 0 Å². The lowest BCUT2D eigenvalue weighted by atomic mass is 9.81. The zero-order chi connectivity index (χ0) is 11.6. The normalized spacial score (nSPS) is 22.7. The summed E-state index contributed by atoms with van der Waals surface area (Å²) in [5.74, 6) is 0.424. The molecule has 1 aliphatic rings. The molecule has 84 valence electrons. The summed E-state index contributed by atoms with van der Waals surface area (Å²) in [5.41, 5.74) is 2.49. The first-order chi connectivity index (χ1) is 7.04. The van der Waals surface area contributed by atoms with Gasteiger partial charge in [-0.05, 0) is 31.4 Å². The molecule has 15 heavy (non-hydrogen) atoms. The molecular weight excluding hydrogens is 208 g/mol. The van der Waals surface area contributed by atoms with Gasteiger partial charge < -0.3 is 5.11 Å². The molecule has 3 heteroatoms. The Morgan fingerprint density at radius 2 is 1.93 bits per heavy atom. The molecule has 0 saturated heterocycles. The van der Waals surface area contributed by atoms with E-state index in [4.69, 9.17) is 0 Å². The Hall–Kier alpha value is -0.700. The molecule has 0 heterocycles. The molecule has 0 bridgehead atoms. The summed E-state index contributed by atoms with van der Waals surface area (Å²) in [6.07, 6.45) is 1.61. The maximum absolute atomic E-state index is 12.0. The first-order valence-corrected chi connectivity index (χ1v) is 5.92. The Bertz CT molecular complexity index is 340. The fourth-order valence-corrected chi connectivity index (χ4v) is 2.35. The van der Waals surface area contributed by atoms with Crippen molar-refractivity contribution in [2.45, 2.75) is 33.6 Å².